The molecule has 31 heavy (non-hydrogen) atoms. The molecule has 0 aliphatic carbocycles. The van der Waals surface area contributed by atoms with Gasteiger partial charge in [0, 0.05) is 31.0 Å². The van der Waals surface area contributed by atoms with Gasteiger partial charge in [-0.3, -0.25) is 9.59 Å². The first-order valence-electron chi connectivity index (χ1n) is 10.6. The van der Waals surface area contributed by atoms with Crippen LogP contribution in [0.25, 0.3) is 0 Å². The molecule has 1 fully saturated rings. The molecule has 2 aromatic rings. The van der Waals surface area contributed by atoms with Crippen LogP contribution in [0, 0.1) is 13.8 Å². The average molecular weight is 431 g/mol. The molecule has 3 heterocycles. The van der Waals surface area contributed by atoms with E-state index in [0.717, 1.165) is 12.8 Å². The predicted molar refractivity (Wildman–Crippen MR) is 113 cm³/mol. The number of carbonyl (C=O) groups excluding carboxylic acids is 3. The summed E-state index contributed by atoms with van der Waals surface area (Å²) >= 11 is 0. The van der Waals surface area contributed by atoms with Gasteiger partial charge in [0.2, 0.25) is 0 Å². The SMILES string of the molecule is CCn1c(C)c(C(=O)C(C)N(CC2CCCO2)C(=O)c2ccco2)c(C)c1C(=O)OC. The van der Waals surface area contributed by atoms with Crippen molar-refractivity contribution in [2.45, 2.75) is 59.2 Å². The lowest BCUT2D eigenvalue weighted by Crippen LogP contribution is -2.47. The Labute approximate surface area is 182 Å². The molecule has 0 bridgehead atoms. The number of hydrogen-bond acceptors (Lipinski definition) is 6. The fourth-order valence-corrected chi connectivity index (χ4v) is 4.33. The topological polar surface area (TPSA) is 91.0 Å². The Morgan fingerprint density at radius 1 is 1.32 bits per heavy atom. The van der Waals surface area contributed by atoms with Crippen LogP contribution in [0.1, 0.15) is 69.3 Å². The Hall–Kier alpha value is -2.87. The zero-order chi connectivity index (χ0) is 22.7. The third-order valence-electron chi connectivity index (χ3n) is 5.97. The third-order valence-corrected chi connectivity index (χ3v) is 5.97. The standard InChI is InChI=1S/C23H30N2O6/c1-6-24-15(3)19(14(2)20(24)23(28)29-5)21(26)16(4)25(13-17-9-7-11-30-17)22(27)18-10-8-12-31-18/h8,10,12,16-17H,6-7,9,11,13H2,1-5H3. The molecule has 1 saturated heterocycles. The van der Waals surface area contributed by atoms with Crippen LogP contribution in [0.15, 0.2) is 22.8 Å². The molecule has 2 aromatic heterocycles. The number of esters is 1. The largest absolute Gasteiger partial charge is 0.464 e. The maximum atomic E-state index is 13.6. The Bertz CT molecular complexity index is 953. The fourth-order valence-electron chi connectivity index (χ4n) is 4.33. The van der Waals surface area contributed by atoms with Gasteiger partial charge in [0.15, 0.2) is 11.5 Å². The molecule has 0 N–H and O–H groups in total. The van der Waals surface area contributed by atoms with E-state index >= 15 is 0 Å². The van der Waals surface area contributed by atoms with Crippen LogP contribution in [0.2, 0.25) is 0 Å². The van der Waals surface area contributed by atoms with E-state index in [9.17, 15) is 14.4 Å². The van der Waals surface area contributed by atoms with Crippen LogP contribution >= 0.6 is 0 Å². The molecule has 8 heteroatoms. The fraction of sp³-hybridized carbons (Fsp3) is 0.522. The highest BCUT2D eigenvalue weighted by molar-refractivity contribution is 6.07. The molecule has 1 aliphatic heterocycles. The van der Waals surface area contributed by atoms with Gasteiger partial charge in [-0.25, -0.2) is 4.79 Å². The van der Waals surface area contributed by atoms with E-state index in [2.05, 4.69) is 0 Å². The Morgan fingerprint density at radius 2 is 2.06 bits per heavy atom. The zero-order valence-corrected chi connectivity index (χ0v) is 18.8. The van der Waals surface area contributed by atoms with Crippen LogP contribution in [-0.4, -0.2) is 59.5 Å². The molecule has 2 unspecified atom stereocenters. The van der Waals surface area contributed by atoms with Crippen molar-refractivity contribution in [2.75, 3.05) is 20.3 Å². The van der Waals surface area contributed by atoms with E-state index in [1.807, 2.05) is 13.8 Å². The quantitative estimate of drug-likeness (QED) is 0.471. The molecule has 2 atom stereocenters. The van der Waals surface area contributed by atoms with Gasteiger partial charge in [0.05, 0.1) is 25.5 Å². The molecule has 168 valence electrons. The van der Waals surface area contributed by atoms with E-state index in [-0.39, 0.29) is 23.6 Å². The normalized spacial score (nSPS) is 16.9. The first-order valence-corrected chi connectivity index (χ1v) is 10.6. The minimum Gasteiger partial charge on any atom is -0.464 e. The molecule has 8 nitrogen and oxygen atoms in total. The van der Waals surface area contributed by atoms with Gasteiger partial charge in [-0.2, -0.15) is 0 Å². The van der Waals surface area contributed by atoms with Gasteiger partial charge < -0.3 is 23.4 Å². The minimum atomic E-state index is -0.766. The van der Waals surface area contributed by atoms with Crippen molar-refractivity contribution in [3.8, 4) is 0 Å². The van der Waals surface area contributed by atoms with Gasteiger partial charge in [-0.1, -0.05) is 0 Å². The molecular formula is C23H30N2O6. The number of hydrogen-bond donors (Lipinski definition) is 0. The number of ether oxygens (including phenoxy) is 2. The summed E-state index contributed by atoms with van der Waals surface area (Å²) in [5, 5.41) is 0. The second-order valence-electron chi connectivity index (χ2n) is 7.78. The van der Waals surface area contributed by atoms with Gasteiger partial charge >= 0.3 is 5.97 Å². The van der Waals surface area contributed by atoms with Crippen molar-refractivity contribution in [1.29, 1.82) is 0 Å². The maximum absolute atomic E-state index is 13.6. The first-order chi connectivity index (χ1) is 14.8. The summed E-state index contributed by atoms with van der Waals surface area (Å²) in [6, 6.07) is 2.46. The van der Waals surface area contributed by atoms with Gasteiger partial charge in [-0.15, -0.1) is 0 Å². The van der Waals surface area contributed by atoms with E-state index in [1.165, 1.54) is 18.3 Å². The summed E-state index contributed by atoms with van der Waals surface area (Å²) in [7, 11) is 1.32. The molecule has 0 aromatic carbocycles. The van der Waals surface area contributed by atoms with Gasteiger partial charge in [0.1, 0.15) is 5.69 Å². The van der Waals surface area contributed by atoms with Crippen LogP contribution in [-0.2, 0) is 16.0 Å². The van der Waals surface area contributed by atoms with Crippen LogP contribution in [0.3, 0.4) is 0 Å². The van der Waals surface area contributed by atoms with E-state index in [4.69, 9.17) is 13.9 Å². The summed E-state index contributed by atoms with van der Waals surface area (Å²) < 4.78 is 17.7. The van der Waals surface area contributed by atoms with E-state index in [1.54, 1.807) is 30.5 Å². The molecule has 3 rings (SSSR count). The molecule has 0 spiro atoms. The second-order valence-corrected chi connectivity index (χ2v) is 7.78. The van der Waals surface area contributed by atoms with Gasteiger partial charge in [-0.05, 0) is 58.2 Å². The first kappa shape index (κ1) is 22.8. The summed E-state index contributed by atoms with van der Waals surface area (Å²) in [6.45, 7) is 8.62. The summed E-state index contributed by atoms with van der Waals surface area (Å²) in [5.41, 5.74) is 2.05. The third kappa shape index (κ3) is 4.30. The number of furan rings is 1. The van der Waals surface area contributed by atoms with Crippen molar-refractivity contribution in [1.82, 2.24) is 9.47 Å². The monoisotopic (exact) mass is 430 g/mol. The van der Waals surface area contributed by atoms with Crippen molar-refractivity contribution in [2.24, 2.45) is 0 Å². The summed E-state index contributed by atoms with van der Waals surface area (Å²) in [6.07, 6.45) is 3.07. The molecular weight excluding hydrogens is 400 g/mol. The Balaban J connectivity index is 1.98. The number of Topliss-reactive ketones (excluding diaryl/α,β-unsaturated/α-hetero) is 1. The smallest absolute Gasteiger partial charge is 0.354 e. The number of rotatable bonds is 8. The van der Waals surface area contributed by atoms with Gasteiger partial charge in [0.25, 0.3) is 5.91 Å². The summed E-state index contributed by atoms with van der Waals surface area (Å²) in [4.78, 5) is 40.7. The van der Waals surface area contributed by atoms with Crippen molar-refractivity contribution in [3.05, 3.63) is 46.7 Å². The lowest BCUT2D eigenvalue weighted by Gasteiger charge is -2.30. The molecule has 1 amide bonds. The van der Waals surface area contributed by atoms with Crippen LogP contribution in [0.4, 0.5) is 0 Å². The highest BCUT2D eigenvalue weighted by Crippen LogP contribution is 2.27. The van der Waals surface area contributed by atoms with Crippen molar-refractivity contribution in [3.63, 3.8) is 0 Å². The average Bonchev–Trinajstić information content (AvgIpc) is 3.51. The number of ketones is 1. The number of methoxy groups -OCH3 is 1. The Kier molecular flexibility index (Phi) is 7.00. The highest BCUT2D eigenvalue weighted by Gasteiger charge is 2.35. The van der Waals surface area contributed by atoms with E-state index in [0.29, 0.717) is 42.2 Å². The number of nitrogens with zero attached hydrogens (tertiary/aromatic N) is 2. The highest BCUT2D eigenvalue weighted by atomic mass is 16.5. The lowest BCUT2D eigenvalue weighted by atomic mass is 9.99. The molecule has 0 radical (unpaired) electrons. The number of amides is 1. The number of aromatic nitrogens is 1. The molecule has 1 aliphatic rings. The van der Waals surface area contributed by atoms with E-state index < -0.39 is 12.0 Å². The zero-order valence-electron chi connectivity index (χ0n) is 18.8. The molecule has 0 saturated carbocycles. The Morgan fingerprint density at radius 3 is 2.61 bits per heavy atom. The predicted octanol–water partition coefficient (Wildman–Crippen LogP) is 3.40. The maximum Gasteiger partial charge on any atom is 0.354 e. The minimum absolute atomic E-state index is 0.123. The lowest BCUT2D eigenvalue weighted by molar-refractivity contribution is 0.0390. The van der Waals surface area contributed by atoms with Crippen LogP contribution < -0.4 is 0 Å². The van der Waals surface area contributed by atoms with Crippen molar-refractivity contribution >= 4 is 17.7 Å². The number of carbonyl (C=O) groups is 3. The summed E-state index contributed by atoms with van der Waals surface area (Å²) in [5.74, 6) is -0.908. The van der Waals surface area contributed by atoms with Crippen molar-refractivity contribution < 1.29 is 28.3 Å². The van der Waals surface area contributed by atoms with Crippen LogP contribution in [0.5, 0.6) is 0 Å². The second kappa shape index (κ2) is 9.51.